The Bertz CT molecular complexity index is 2240. The Balaban J connectivity index is 1.51. The maximum Gasteiger partial charge on any atom is 0.194 e. The molecular weight excluding hydrogens is 536 g/mol. The average molecular weight is 552 g/mol. The normalized spacial score (nSPS) is 11.1. The molecule has 0 amide bonds. The third kappa shape index (κ3) is 3.89. The lowest BCUT2D eigenvalue weighted by molar-refractivity contribution is 0.589. The summed E-state index contributed by atoms with van der Waals surface area (Å²) < 4.78 is 38.8. The highest BCUT2D eigenvalue weighted by Crippen LogP contribution is 2.43. The van der Waals surface area contributed by atoms with Crippen LogP contribution in [0.15, 0.2) is 91.0 Å². The van der Waals surface area contributed by atoms with Gasteiger partial charge < -0.3 is 0 Å². The van der Waals surface area contributed by atoms with Gasteiger partial charge in [0.2, 0.25) is 0 Å². The molecule has 5 nitrogen and oxygen atoms in total. The van der Waals surface area contributed by atoms with Crippen LogP contribution in [0.5, 0.6) is 0 Å². The highest BCUT2D eigenvalue weighted by Gasteiger charge is 2.21. The second-order valence-electron chi connectivity index (χ2n) is 9.42. The van der Waals surface area contributed by atoms with Crippen molar-refractivity contribution in [3.8, 4) is 39.6 Å². The fourth-order valence-electron chi connectivity index (χ4n) is 5.30. The third-order valence-corrected chi connectivity index (χ3v) is 7.66. The van der Waals surface area contributed by atoms with Crippen LogP contribution in [0.4, 0.5) is 14.5 Å². The average Bonchev–Trinajstić information content (AvgIpc) is 3.50. The molecule has 5 aromatic carbocycles. The molecule has 41 heavy (non-hydrogen) atoms. The van der Waals surface area contributed by atoms with Crippen molar-refractivity contribution in [3.63, 3.8) is 0 Å². The van der Waals surface area contributed by atoms with Crippen LogP contribution in [0.2, 0.25) is 0 Å². The molecule has 0 saturated heterocycles. The van der Waals surface area contributed by atoms with E-state index in [0.29, 0.717) is 22.5 Å². The first-order chi connectivity index (χ1) is 20.1. The Morgan fingerprint density at radius 3 is 2.20 bits per heavy atom. The van der Waals surface area contributed by atoms with Crippen molar-refractivity contribution in [2.24, 2.45) is 0 Å². The highest BCUT2D eigenvalue weighted by molar-refractivity contribution is 7.00. The number of hydrogen-bond acceptors (Lipinski definition) is 5. The number of halogens is 2. The van der Waals surface area contributed by atoms with Gasteiger partial charge in [-0.1, -0.05) is 66.7 Å². The summed E-state index contributed by atoms with van der Waals surface area (Å²) in [5, 5.41) is 11.7. The van der Waals surface area contributed by atoms with Crippen LogP contribution in [-0.4, -0.2) is 13.7 Å². The Morgan fingerprint density at radius 1 is 0.756 bits per heavy atom. The number of pyridine rings is 1. The van der Waals surface area contributed by atoms with Crippen LogP contribution in [-0.2, 0) is 0 Å². The third-order valence-electron chi connectivity index (χ3n) is 7.13. The number of hydrogen-bond donors (Lipinski definition) is 0. The molecular formula is C33H15F2N5S. The van der Waals surface area contributed by atoms with Gasteiger partial charge in [0, 0.05) is 27.3 Å². The van der Waals surface area contributed by atoms with E-state index in [-0.39, 0.29) is 11.1 Å². The number of nitriles is 1. The zero-order chi connectivity index (χ0) is 28.1. The topological polar surface area (TPSA) is 66.8 Å². The molecule has 0 atom stereocenters. The number of nitrogens with zero attached hydrogens (tertiary/aromatic N) is 5. The molecule has 0 aliphatic carbocycles. The molecule has 7 rings (SSSR count). The molecule has 0 radical (unpaired) electrons. The summed E-state index contributed by atoms with van der Waals surface area (Å²) in [5.74, 6) is -1.60. The van der Waals surface area contributed by atoms with Gasteiger partial charge in [-0.2, -0.15) is 14.0 Å². The SMILES string of the molecule is [C-]#[N+]c1ccccc1-c1cc2c(-c3ccc(-c4c(F)cc(C#N)cc4F)cc3)nc3ccccc3c2c2nsnc12. The van der Waals surface area contributed by atoms with Gasteiger partial charge in [-0.15, -0.1) is 0 Å². The van der Waals surface area contributed by atoms with Crippen LogP contribution < -0.4 is 0 Å². The predicted molar refractivity (Wildman–Crippen MR) is 157 cm³/mol. The number of para-hydroxylation sites is 2. The van der Waals surface area contributed by atoms with Gasteiger partial charge in [-0.25, -0.2) is 18.6 Å². The Morgan fingerprint density at radius 2 is 1.44 bits per heavy atom. The number of fused-ring (bicyclic) bond motifs is 5. The standard InChI is InChI=1S/C33H15F2N5S/c1-37-27-8-4-2-6-21(27)23-16-24-30(33-32(23)39-41-40-33)22-7-3-5-9-28(22)38-31(24)20-12-10-19(11-13-20)29-25(34)14-18(17-36)15-26(29)35/h2-16H. The van der Waals surface area contributed by atoms with E-state index in [1.54, 1.807) is 36.4 Å². The van der Waals surface area contributed by atoms with Crippen molar-refractivity contribution in [1.29, 1.82) is 5.26 Å². The molecule has 0 unspecified atom stereocenters. The van der Waals surface area contributed by atoms with Crippen molar-refractivity contribution < 1.29 is 8.78 Å². The molecule has 8 heteroatoms. The van der Waals surface area contributed by atoms with Crippen LogP contribution in [0.3, 0.4) is 0 Å². The zero-order valence-electron chi connectivity index (χ0n) is 21.1. The van der Waals surface area contributed by atoms with E-state index in [2.05, 4.69) is 13.6 Å². The zero-order valence-corrected chi connectivity index (χ0v) is 21.9. The van der Waals surface area contributed by atoms with Crippen LogP contribution >= 0.6 is 11.7 Å². The highest BCUT2D eigenvalue weighted by atomic mass is 32.1. The Kier molecular flexibility index (Phi) is 5.71. The van der Waals surface area contributed by atoms with Gasteiger partial charge in [0.1, 0.15) is 22.7 Å². The molecule has 0 saturated carbocycles. The molecule has 0 spiro atoms. The van der Waals surface area contributed by atoms with E-state index in [4.69, 9.17) is 16.8 Å². The van der Waals surface area contributed by atoms with Gasteiger partial charge >= 0.3 is 0 Å². The van der Waals surface area contributed by atoms with Crippen molar-refractivity contribution in [3.05, 3.63) is 120 Å². The van der Waals surface area contributed by atoms with Crippen molar-refractivity contribution in [2.75, 3.05) is 0 Å². The first-order valence-corrected chi connectivity index (χ1v) is 13.2. The molecule has 192 valence electrons. The molecule has 0 aliphatic heterocycles. The summed E-state index contributed by atoms with van der Waals surface area (Å²) in [6.07, 6.45) is 0. The van der Waals surface area contributed by atoms with E-state index in [0.717, 1.165) is 67.7 Å². The van der Waals surface area contributed by atoms with Crippen LogP contribution in [0, 0.1) is 29.5 Å². The minimum absolute atomic E-state index is 0.0781. The van der Waals surface area contributed by atoms with Gasteiger partial charge in [0.05, 0.1) is 46.7 Å². The summed E-state index contributed by atoms with van der Waals surface area (Å²) in [4.78, 5) is 8.74. The molecule has 0 aliphatic rings. The maximum atomic E-state index is 14.7. The lowest BCUT2D eigenvalue weighted by Crippen LogP contribution is -1.94. The first-order valence-electron chi connectivity index (χ1n) is 12.5. The second kappa shape index (κ2) is 9.56. The minimum Gasteiger partial charge on any atom is -0.247 e. The first kappa shape index (κ1) is 24.5. The second-order valence-corrected chi connectivity index (χ2v) is 9.95. The summed E-state index contributed by atoms with van der Waals surface area (Å²) in [7, 11) is 0. The fourth-order valence-corrected chi connectivity index (χ4v) is 5.86. The lowest BCUT2D eigenvalue weighted by Gasteiger charge is -2.14. The van der Waals surface area contributed by atoms with Crippen molar-refractivity contribution in [1.82, 2.24) is 13.7 Å². The van der Waals surface area contributed by atoms with Crippen molar-refractivity contribution >= 4 is 50.1 Å². The summed E-state index contributed by atoms with van der Waals surface area (Å²) in [6, 6.07) is 27.9. The Labute approximate surface area is 236 Å². The predicted octanol–water partition coefficient (Wildman–Crippen LogP) is 9.09. The molecule has 0 bridgehead atoms. The largest absolute Gasteiger partial charge is 0.247 e. The van der Waals surface area contributed by atoms with Crippen LogP contribution in [0.1, 0.15) is 5.56 Å². The lowest BCUT2D eigenvalue weighted by atomic mass is 9.93. The molecule has 2 aromatic heterocycles. The van der Waals surface area contributed by atoms with E-state index in [9.17, 15) is 8.78 Å². The quantitative estimate of drug-likeness (QED) is 0.162. The minimum atomic E-state index is -0.801. The fraction of sp³-hybridized carbons (Fsp3) is 0. The molecule has 7 aromatic rings. The molecule has 0 N–H and O–H groups in total. The molecule has 0 fully saturated rings. The number of aromatic nitrogens is 3. The number of rotatable bonds is 3. The molecule has 2 heterocycles. The Hall–Kier alpha value is -5.57. The summed E-state index contributed by atoms with van der Waals surface area (Å²) in [6.45, 7) is 7.71. The van der Waals surface area contributed by atoms with Gasteiger partial charge in [0.15, 0.2) is 5.69 Å². The van der Waals surface area contributed by atoms with E-state index in [1.165, 1.54) is 0 Å². The number of benzene rings is 5. The van der Waals surface area contributed by atoms with Gasteiger partial charge in [-0.3, -0.25) is 0 Å². The maximum absolute atomic E-state index is 14.7. The van der Waals surface area contributed by atoms with Gasteiger partial charge in [0.25, 0.3) is 0 Å². The van der Waals surface area contributed by atoms with E-state index < -0.39 is 11.6 Å². The van der Waals surface area contributed by atoms with Crippen molar-refractivity contribution in [2.45, 2.75) is 0 Å². The van der Waals surface area contributed by atoms with E-state index >= 15 is 0 Å². The summed E-state index contributed by atoms with van der Waals surface area (Å²) >= 11 is 1.12. The monoisotopic (exact) mass is 551 g/mol. The van der Waals surface area contributed by atoms with E-state index in [1.807, 2.05) is 48.5 Å². The van der Waals surface area contributed by atoms with Crippen LogP contribution in [0.25, 0.3) is 71.1 Å². The summed E-state index contributed by atoms with van der Waals surface area (Å²) in [5.41, 5.74) is 5.73. The smallest absolute Gasteiger partial charge is 0.194 e. The van der Waals surface area contributed by atoms with Gasteiger partial charge in [-0.05, 0) is 35.4 Å².